The van der Waals surface area contributed by atoms with Crippen LogP contribution in [-0.2, 0) is 0 Å². The highest BCUT2D eigenvalue weighted by molar-refractivity contribution is 5.60. The highest BCUT2D eigenvalue weighted by atomic mass is 15.2. The second-order valence-electron chi connectivity index (χ2n) is 5.95. The molecule has 1 heterocycles. The summed E-state index contributed by atoms with van der Waals surface area (Å²) in [7, 11) is 4.04. The molecular weight excluding hydrogens is 236 g/mol. The van der Waals surface area contributed by atoms with Crippen LogP contribution in [0.15, 0.2) is 6.33 Å². The van der Waals surface area contributed by atoms with Crippen molar-refractivity contribution in [1.82, 2.24) is 9.97 Å². The van der Waals surface area contributed by atoms with Gasteiger partial charge in [0.2, 0.25) is 0 Å². The van der Waals surface area contributed by atoms with Crippen molar-refractivity contribution >= 4 is 11.6 Å². The van der Waals surface area contributed by atoms with Gasteiger partial charge in [-0.2, -0.15) is 0 Å². The van der Waals surface area contributed by atoms with Gasteiger partial charge in [-0.1, -0.05) is 27.7 Å². The molecule has 0 bridgehead atoms. The lowest BCUT2D eigenvalue weighted by atomic mass is 10.0. The van der Waals surface area contributed by atoms with Crippen molar-refractivity contribution in [3.63, 3.8) is 0 Å². The van der Waals surface area contributed by atoms with E-state index in [1.54, 1.807) is 6.33 Å². The smallest absolute Gasteiger partial charge is 0.137 e. The molecule has 0 spiro atoms. The van der Waals surface area contributed by atoms with Crippen molar-refractivity contribution < 1.29 is 0 Å². The van der Waals surface area contributed by atoms with E-state index in [0.717, 1.165) is 18.1 Å². The highest BCUT2D eigenvalue weighted by Crippen LogP contribution is 2.31. The topological polar surface area (TPSA) is 41.1 Å². The molecule has 0 saturated heterocycles. The molecule has 0 saturated carbocycles. The molecule has 4 heteroatoms. The number of anilines is 2. The number of hydrogen-bond acceptors (Lipinski definition) is 4. The Morgan fingerprint density at radius 3 is 2.26 bits per heavy atom. The molecule has 1 unspecified atom stereocenters. The lowest BCUT2D eigenvalue weighted by Gasteiger charge is -2.30. The van der Waals surface area contributed by atoms with Gasteiger partial charge in [-0.15, -0.1) is 0 Å². The number of nitrogens with zero attached hydrogens (tertiary/aromatic N) is 3. The van der Waals surface area contributed by atoms with E-state index in [1.807, 2.05) is 7.05 Å². The summed E-state index contributed by atoms with van der Waals surface area (Å²) in [5.41, 5.74) is 1.20. The molecule has 19 heavy (non-hydrogen) atoms. The minimum atomic E-state index is 0.396. The molecule has 0 aliphatic heterocycles. The molecule has 0 fully saturated rings. The van der Waals surface area contributed by atoms with E-state index in [4.69, 9.17) is 0 Å². The van der Waals surface area contributed by atoms with Gasteiger partial charge >= 0.3 is 0 Å². The van der Waals surface area contributed by atoms with E-state index in [-0.39, 0.29) is 0 Å². The molecule has 1 atom stereocenters. The predicted octanol–water partition coefficient (Wildman–Crippen LogP) is 3.51. The molecule has 1 N–H and O–H groups in total. The molecule has 1 aromatic rings. The Bertz CT molecular complexity index is 401. The highest BCUT2D eigenvalue weighted by Gasteiger charge is 2.20. The van der Waals surface area contributed by atoms with Crippen molar-refractivity contribution in [3.8, 4) is 0 Å². The van der Waals surface area contributed by atoms with E-state index in [1.165, 1.54) is 5.56 Å². The van der Waals surface area contributed by atoms with Crippen molar-refractivity contribution in [3.05, 3.63) is 11.9 Å². The average molecular weight is 264 g/mol. The summed E-state index contributed by atoms with van der Waals surface area (Å²) in [6.07, 6.45) is 2.80. The molecule has 1 rings (SSSR count). The van der Waals surface area contributed by atoms with Gasteiger partial charge in [0, 0.05) is 25.7 Å². The zero-order chi connectivity index (χ0) is 14.6. The maximum atomic E-state index is 4.51. The zero-order valence-electron chi connectivity index (χ0n) is 13.4. The lowest BCUT2D eigenvalue weighted by Crippen LogP contribution is -2.32. The van der Waals surface area contributed by atoms with Crippen LogP contribution in [0, 0.1) is 5.92 Å². The van der Waals surface area contributed by atoms with E-state index in [0.29, 0.717) is 17.9 Å². The van der Waals surface area contributed by atoms with E-state index in [2.05, 4.69) is 61.9 Å². The van der Waals surface area contributed by atoms with E-state index >= 15 is 0 Å². The normalized spacial score (nSPS) is 12.9. The fourth-order valence-electron chi connectivity index (χ4n) is 2.45. The number of aromatic nitrogens is 2. The molecule has 0 radical (unpaired) electrons. The third-order valence-corrected chi connectivity index (χ3v) is 3.48. The van der Waals surface area contributed by atoms with Gasteiger partial charge in [-0.3, -0.25) is 0 Å². The molecule has 4 nitrogen and oxygen atoms in total. The first-order valence-corrected chi connectivity index (χ1v) is 7.13. The third kappa shape index (κ3) is 3.82. The Balaban J connectivity index is 3.11. The summed E-state index contributed by atoms with van der Waals surface area (Å²) in [4.78, 5) is 11.1. The molecule has 1 aromatic heterocycles. The quantitative estimate of drug-likeness (QED) is 0.853. The fraction of sp³-hybridized carbons (Fsp3) is 0.733. The molecule has 0 aliphatic rings. The second kappa shape index (κ2) is 6.73. The van der Waals surface area contributed by atoms with Crippen molar-refractivity contribution in [1.29, 1.82) is 0 Å². The first-order valence-electron chi connectivity index (χ1n) is 7.13. The van der Waals surface area contributed by atoms with Gasteiger partial charge in [-0.25, -0.2) is 9.97 Å². The van der Waals surface area contributed by atoms with Crippen molar-refractivity contribution in [2.75, 3.05) is 24.3 Å². The zero-order valence-corrected chi connectivity index (χ0v) is 13.4. The maximum absolute atomic E-state index is 4.51. The van der Waals surface area contributed by atoms with Gasteiger partial charge in [0.25, 0.3) is 0 Å². The Morgan fingerprint density at radius 1 is 1.16 bits per heavy atom. The van der Waals surface area contributed by atoms with Crippen LogP contribution in [0.5, 0.6) is 0 Å². The van der Waals surface area contributed by atoms with Crippen molar-refractivity contribution in [2.24, 2.45) is 5.92 Å². The third-order valence-electron chi connectivity index (χ3n) is 3.48. The van der Waals surface area contributed by atoms with Gasteiger partial charge < -0.3 is 10.2 Å². The Kier molecular flexibility index (Phi) is 5.58. The largest absolute Gasteiger partial charge is 0.373 e. The molecule has 108 valence electrons. The van der Waals surface area contributed by atoms with Gasteiger partial charge in [-0.05, 0) is 25.2 Å². The molecule has 0 amide bonds. The number of hydrogen-bond donors (Lipinski definition) is 1. The number of nitrogens with one attached hydrogen (secondary N) is 1. The molecule has 0 aromatic carbocycles. The molecular formula is C15H28N4. The SMILES string of the molecule is CNc1ncnc(N(C)C(C)CC(C)C)c1C(C)C. The summed E-state index contributed by atoms with van der Waals surface area (Å²) < 4.78 is 0. The average Bonchev–Trinajstić information content (AvgIpc) is 2.35. The van der Waals surface area contributed by atoms with Gasteiger partial charge in [0.15, 0.2) is 0 Å². The van der Waals surface area contributed by atoms with Crippen LogP contribution in [-0.4, -0.2) is 30.1 Å². The van der Waals surface area contributed by atoms with Crippen molar-refractivity contribution in [2.45, 2.75) is 53.0 Å². The first kappa shape index (κ1) is 15.7. The van der Waals surface area contributed by atoms with Crippen LogP contribution in [0.3, 0.4) is 0 Å². The van der Waals surface area contributed by atoms with E-state index < -0.39 is 0 Å². The number of rotatable bonds is 6. The Hall–Kier alpha value is -1.32. The predicted molar refractivity (Wildman–Crippen MR) is 83.0 cm³/mol. The maximum Gasteiger partial charge on any atom is 0.137 e. The summed E-state index contributed by atoms with van der Waals surface area (Å²) >= 11 is 0. The first-order chi connectivity index (χ1) is 8.88. The summed E-state index contributed by atoms with van der Waals surface area (Å²) in [6.45, 7) is 11.1. The monoisotopic (exact) mass is 264 g/mol. The summed E-state index contributed by atoms with van der Waals surface area (Å²) in [6, 6.07) is 0.470. The minimum absolute atomic E-state index is 0.396. The van der Waals surface area contributed by atoms with Crippen LogP contribution in [0.2, 0.25) is 0 Å². The standard InChI is InChI=1S/C15H28N4/c1-10(2)8-12(5)19(7)15-13(11(3)4)14(16-6)17-9-18-15/h9-12H,8H2,1-7H3,(H,16,17,18). The van der Waals surface area contributed by atoms with Crippen LogP contribution in [0.25, 0.3) is 0 Å². The van der Waals surface area contributed by atoms with Crippen LogP contribution < -0.4 is 10.2 Å². The summed E-state index contributed by atoms with van der Waals surface area (Å²) in [5, 5.41) is 3.17. The van der Waals surface area contributed by atoms with Crippen LogP contribution in [0.4, 0.5) is 11.6 Å². The van der Waals surface area contributed by atoms with Crippen LogP contribution in [0.1, 0.15) is 52.5 Å². The van der Waals surface area contributed by atoms with E-state index in [9.17, 15) is 0 Å². The van der Waals surface area contributed by atoms with Gasteiger partial charge in [0.1, 0.15) is 18.0 Å². The van der Waals surface area contributed by atoms with Gasteiger partial charge in [0.05, 0.1) is 0 Å². The lowest BCUT2D eigenvalue weighted by molar-refractivity contribution is 0.500. The molecule has 0 aliphatic carbocycles. The minimum Gasteiger partial charge on any atom is -0.373 e. The van der Waals surface area contributed by atoms with Crippen LogP contribution >= 0.6 is 0 Å². The fourth-order valence-corrected chi connectivity index (χ4v) is 2.45. The summed E-state index contributed by atoms with van der Waals surface area (Å²) in [5.74, 6) is 3.06. The Morgan fingerprint density at radius 2 is 1.79 bits per heavy atom. The second-order valence-corrected chi connectivity index (χ2v) is 5.95. The Labute approximate surface area is 117 Å².